The van der Waals surface area contributed by atoms with Crippen LogP contribution in [0, 0.1) is 5.92 Å². The van der Waals surface area contributed by atoms with Gasteiger partial charge >= 0.3 is 0 Å². The van der Waals surface area contributed by atoms with Gasteiger partial charge in [-0.15, -0.1) is 0 Å². The van der Waals surface area contributed by atoms with E-state index < -0.39 is 0 Å². The zero-order valence-corrected chi connectivity index (χ0v) is 21.2. The van der Waals surface area contributed by atoms with Crippen LogP contribution in [0.1, 0.15) is 32.1 Å². The number of anilines is 1. The van der Waals surface area contributed by atoms with Gasteiger partial charge in [-0.2, -0.15) is 5.10 Å². The van der Waals surface area contributed by atoms with Crippen LogP contribution in [0.2, 0.25) is 0 Å². The van der Waals surface area contributed by atoms with Gasteiger partial charge in [0.1, 0.15) is 11.2 Å². The van der Waals surface area contributed by atoms with Gasteiger partial charge in [-0.05, 0) is 60.4 Å². The number of rotatable bonds is 5. The van der Waals surface area contributed by atoms with Gasteiger partial charge in [-0.25, -0.2) is 9.97 Å². The summed E-state index contributed by atoms with van der Waals surface area (Å²) in [5.74, 6) is 0.810. The molecule has 1 aliphatic carbocycles. The summed E-state index contributed by atoms with van der Waals surface area (Å²) in [5, 5.41) is 11.7. The second-order valence-corrected chi connectivity index (χ2v) is 10.00. The topological polar surface area (TPSA) is 125 Å². The van der Waals surface area contributed by atoms with Gasteiger partial charge in [0.05, 0.1) is 17.4 Å². The van der Waals surface area contributed by atoms with E-state index in [9.17, 15) is 4.79 Å². The fourth-order valence-corrected chi connectivity index (χ4v) is 5.44. The summed E-state index contributed by atoms with van der Waals surface area (Å²) in [6, 6.07) is 13.9. The van der Waals surface area contributed by atoms with Gasteiger partial charge in [0.25, 0.3) is 0 Å². The van der Waals surface area contributed by atoms with Gasteiger partial charge in [-0.3, -0.25) is 19.9 Å². The fraction of sp³-hybridized carbons (Fsp3) is 0.200. The van der Waals surface area contributed by atoms with Crippen molar-refractivity contribution >= 4 is 33.7 Å². The number of hydrogen-bond acceptors (Lipinski definition) is 6. The van der Waals surface area contributed by atoms with E-state index in [1.807, 2.05) is 42.6 Å². The molecular weight excluding hydrogens is 488 g/mol. The van der Waals surface area contributed by atoms with Gasteiger partial charge in [-0.1, -0.05) is 25.3 Å². The Morgan fingerprint density at radius 3 is 2.62 bits per heavy atom. The zero-order valence-electron chi connectivity index (χ0n) is 21.2. The molecule has 3 N–H and O–H groups in total. The average molecular weight is 515 g/mol. The molecule has 0 bridgehead atoms. The van der Waals surface area contributed by atoms with Crippen molar-refractivity contribution in [3.8, 4) is 33.8 Å². The van der Waals surface area contributed by atoms with E-state index in [2.05, 4.69) is 41.5 Å². The first-order valence-corrected chi connectivity index (χ1v) is 13.2. The lowest BCUT2D eigenvalue weighted by Crippen LogP contribution is -2.24. The summed E-state index contributed by atoms with van der Waals surface area (Å²) in [6.45, 7) is 0. The normalized spacial score (nSPS) is 14.2. The number of aromatic nitrogens is 7. The predicted molar refractivity (Wildman–Crippen MR) is 151 cm³/mol. The second-order valence-electron chi connectivity index (χ2n) is 10.00. The van der Waals surface area contributed by atoms with Crippen molar-refractivity contribution in [3.63, 3.8) is 0 Å². The monoisotopic (exact) mass is 514 g/mol. The summed E-state index contributed by atoms with van der Waals surface area (Å²) < 4.78 is 0. The molecule has 0 unspecified atom stereocenters. The molecule has 0 aliphatic heterocycles. The number of fused-ring (bicyclic) bond motifs is 2. The van der Waals surface area contributed by atoms with Crippen LogP contribution >= 0.6 is 0 Å². The number of benzene rings is 1. The van der Waals surface area contributed by atoms with E-state index in [0.29, 0.717) is 22.9 Å². The molecule has 6 aromatic rings. The average Bonchev–Trinajstić information content (AvgIpc) is 3.62. The molecule has 1 fully saturated rings. The quantitative estimate of drug-likeness (QED) is 0.254. The van der Waals surface area contributed by atoms with Crippen LogP contribution in [0.15, 0.2) is 73.4 Å². The second kappa shape index (κ2) is 9.75. The maximum Gasteiger partial charge on any atom is 0.227 e. The van der Waals surface area contributed by atoms with Crippen molar-refractivity contribution in [2.45, 2.75) is 32.1 Å². The third-order valence-electron chi connectivity index (χ3n) is 7.48. The van der Waals surface area contributed by atoms with Gasteiger partial charge in [0.2, 0.25) is 5.91 Å². The first-order chi connectivity index (χ1) is 19.2. The molecule has 1 aromatic carbocycles. The molecule has 5 heterocycles. The summed E-state index contributed by atoms with van der Waals surface area (Å²) in [6.07, 6.45) is 14.2. The molecule has 5 aromatic heterocycles. The zero-order chi connectivity index (χ0) is 26.2. The number of hydrogen-bond donors (Lipinski definition) is 3. The molecule has 1 amide bonds. The van der Waals surface area contributed by atoms with Crippen LogP contribution in [0.4, 0.5) is 5.69 Å². The van der Waals surface area contributed by atoms with Crippen molar-refractivity contribution in [2.75, 3.05) is 5.32 Å². The molecule has 7 rings (SSSR count). The van der Waals surface area contributed by atoms with Gasteiger partial charge in [0, 0.05) is 47.2 Å². The number of imidazole rings is 1. The SMILES string of the molecule is O=C(Nc1cncc(-c2ccc3[nH]nc(-c4nc5c(-c6ccncc6)ccnc5[nH]4)c3c2)c1)C1CCCCC1. The van der Waals surface area contributed by atoms with Crippen molar-refractivity contribution in [1.29, 1.82) is 0 Å². The summed E-state index contributed by atoms with van der Waals surface area (Å²) >= 11 is 0. The van der Waals surface area contributed by atoms with E-state index >= 15 is 0 Å². The Hall–Kier alpha value is -4.92. The van der Waals surface area contributed by atoms with Crippen LogP contribution in [0.3, 0.4) is 0 Å². The van der Waals surface area contributed by atoms with Crippen LogP contribution in [-0.2, 0) is 4.79 Å². The van der Waals surface area contributed by atoms with Crippen molar-refractivity contribution in [1.82, 2.24) is 35.1 Å². The Bertz CT molecular complexity index is 1800. The molecule has 0 radical (unpaired) electrons. The van der Waals surface area contributed by atoms with Crippen LogP contribution in [0.25, 0.3) is 55.8 Å². The molecule has 0 spiro atoms. The number of nitrogens with zero attached hydrogens (tertiary/aromatic N) is 5. The Balaban J connectivity index is 1.23. The molecule has 0 atom stereocenters. The summed E-state index contributed by atoms with van der Waals surface area (Å²) in [4.78, 5) is 34.0. The largest absolute Gasteiger partial charge is 0.324 e. The van der Waals surface area contributed by atoms with Crippen molar-refractivity contribution in [3.05, 3.63) is 73.4 Å². The number of carbonyl (C=O) groups is 1. The predicted octanol–water partition coefficient (Wildman–Crippen LogP) is 6.14. The van der Waals surface area contributed by atoms with Crippen LogP contribution in [-0.4, -0.2) is 41.0 Å². The highest BCUT2D eigenvalue weighted by atomic mass is 16.1. The minimum atomic E-state index is 0.0876. The van der Waals surface area contributed by atoms with Crippen molar-refractivity contribution in [2.24, 2.45) is 5.92 Å². The number of aromatic amines is 2. The molecule has 1 saturated carbocycles. The van der Waals surface area contributed by atoms with E-state index in [4.69, 9.17) is 4.98 Å². The van der Waals surface area contributed by atoms with E-state index in [1.165, 1.54) is 6.42 Å². The highest BCUT2D eigenvalue weighted by Crippen LogP contribution is 2.33. The third kappa shape index (κ3) is 4.41. The fourth-order valence-electron chi connectivity index (χ4n) is 5.44. The van der Waals surface area contributed by atoms with Gasteiger partial charge < -0.3 is 10.3 Å². The minimum Gasteiger partial charge on any atom is -0.324 e. The lowest BCUT2D eigenvalue weighted by molar-refractivity contribution is -0.120. The summed E-state index contributed by atoms with van der Waals surface area (Å²) in [5.41, 5.74) is 7.66. The standard InChI is InChI=1S/C30H26N8O/c39-30(19-4-2-1-3-5-19)34-22-14-21(16-32-17-22)20-6-7-25-24(15-20)27(38-37-25)29-35-26-23(10-13-33-28(26)36-29)18-8-11-31-12-9-18/h6-17,19H,1-5H2,(H,34,39)(H,37,38)(H,33,35,36). The van der Waals surface area contributed by atoms with E-state index in [0.717, 1.165) is 64.4 Å². The smallest absolute Gasteiger partial charge is 0.227 e. The Labute approximate surface area is 224 Å². The number of carbonyl (C=O) groups excluding carboxylic acids is 1. The maximum atomic E-state index is 12.8. The highest BCUT2D eigenvalue weighted by molar-refractivity contribution is 5.98. The maximum absolute atomic E-state index is 12.8. The molecule has 0 saturated heterocycles. The first-order valence-electron chi connectivity index (χ1n) is 13.2. The minimum absolute atomic E-state index is 0.0876. The number of amides is 1. The molecule has 9 nitrogen and oxygen atoms in total. The van der Waals surface area contributed by atoms with E-state index in [-0.39, 0.29) is 11.8 Å². The van der Waals surface area contributed by atoms with E-state index in [1.54, 1.807) is 24.8 Å². The molecule has 9 heteroatoms. The van der Waals surface area contributed by atoms with Crippen LogP contribution in [0.5, 0.6) is 0 Å². The number of H-pyrrole nitrogens is 2. The Morgan fingerprint density at radius 2 is 1.74 bits per heavy atom. The summed E-state index contributed by atoms with van der Waals surface area (Å²) in [7, 11) is 0. The number of nitrogens with one attached hydrogen (secondary N) is 3. The third-order valence-corrected chi connectivity index (χ3v) is 7.48. The molecule has 1 aliphatic rings. The van der Waals surface area contributed by atoms with Crippen molar-refractivity contribution < 1.29 is 4.79 Å². The van der Waals surface area contributed by atoms with Crippen LogP contribution < -0.4 is 5.32 Å². The molecule has 192 valence electrons. The lowest BCUT2D eigenvalue weighted by atomic mass is 9.88. The first kappa shape index (κ1) is 23.2. The lowest BCUT2D eigenvalue weighted by Gasteiger charge is -2.20. The highest BCUT2D eigenvalue weighted by Gasteiger charge is 2.21. The number of pyridine rings is 3. The Morgan fingerprint density at radius 1 is 0.872 bits per heavy atom. The Kier molecular flexibility index (Phi) is 5.81. The molecule has 39 heavy (non-hydrogen) atoms. The van der Waals surface area contributed by atoms with Gasteiger partial charge in [0.15, 0.2) is 11.5 Å². The molecular formula is C30H26N8O.